The second kappa shape index (κ2) is 2.91. The van der Waals surface area contributed by atoms with Crippen LogP contribution in [0, 0.1) is 6.92 Å². The molecule has 0 bridgehead atoms. The van der Waals surface area contributed by atoms with Gasteiger partial charge in [0, 0.05) is 0 Å². The minimum Gasteiger partial charge on any atom is -0.389 e. The van der Waals surface area contributed by atoms with Gasteiger partial charge in [0.1, 0.15) is 0 Å². The molecule has 0 fully saturated rings. The van der Waals surface area contributed by atoms with Gasteiger partial charge in [-0.05, 0) is 13.8 Å². The van der Waals surface area contributed by atoms with Crippen molar-refractivity contribution in [2.24, 2.45) is 0 Å². The molecule has 0 saturated heterocycles. The van der Waals surface area contributed by atoms with Gasteiger partial charge in [0.2, 0.25) is 0 Å². The Labute approximate surface area is 38.3 Å². The van der Waals surface area contributed by atoms with Gasteiger partial charge in [-0.25, -0.2) is 0 Å². The number of hydrogen-bond donors (Lipinski definition) is 1. The van der Waals surface area contributed by atoms with E-state index in [1.54, 1.807) is 12.2 Å². The highest BCUT2D eigenvalue weighted by Gasteiger charge is 1.78. The molecular weight excluding hydrogens is 76.1 g/mol. The van der Waals surface area contributed by atoms with Crippen molar-refractivity contribution in [3.63, 3.8) is 0 Å². The van der Waals surface area contributed by atoms with E-state index < -0.39 is 6.10 Å². The second-order valence-corrected chi connectivity index (χ2v) is 1.09. The summed E-state index contributed by atoms with van der Waals surface area (Å²) >= 11 is 0. The van der Waals surface area contributed by atoms with Gasteiger partial charge in [0.15, 0.2) is 0 Å². The van der Waals surface area contributed by atoms with Gasteiger partial charge < -0.3 is 5.11 Å². The topological polar surface area (TPSA) is 20.2 Å². The maximum Gasteiger partial charge on any atom is 0.0721 e. The zero-order valence-corrected chi connectivity index (χ0v) is 3.89. The van der Waals surface area contributed by atoms with Crippen LogP contribution in [-0.2, 0) is 0 Å². The Hall–Kier alpha value is -0.300. The van der Waals surface area contributed by atoms with Gasteiger partial charge in [-0.3, -0.25) is 0 Å². The average molecular weight is 85.1 g/mol. The summed E-state index contributed by atoms with van der Waals surface area (Å²) in [5.41, 5.74) is 0. The Kier molecular flexibility index (Phi) is 2.77. The number of aliphatic hydroxyl groups excluding tert-OH is 1. The van der Waals surface area contributed by atoms with Crippen molar-refractivity contribution in [1.82, 2.24) is 0 Å². The van der Waals surface area contributed by atoms with Crippen LogP contribution in [0.2, 0.25) is 0 Å². The first-order chi connectivity index (χ1) is 2.77. The van der Waals surface area contributed by atoms with E-state index in [1.807, 2.05) is 6.92 Å². The predicted molar refractivity (Wildman–Crippen MR) is 26.2 cm³/mol. The molecule has 1 unspecified atom stereocenters. The first-order valence-corrected chi connectivity index (χ1v) is 1.91. The van der Waals surface area contributed by atoms with E-state index >= 15 is 0 Å². The first-order valence-electron chi connectivity index (χ1n) is 1.91. The first kappa shape index (κ1) is 5.70. The Balaban J connectivity index is 3.03. The molecular formula is C5H9O. The third kappa shape index (κ3) is 3.70. The number of hydrogen-bond acceptors (Lipinski definition) is 1. The fourth-order valence-electron chi connectivity index (χ4n) is 0.222. The van der Waals surface area contributed by atoms with Gasteiger partial charge in [-0.15, -0.1) is 0 Å². The van der Waals surface area contributed by atoms with Crippen molar-refractivity contribution < 1.29 is 5.11 Å². The molecule has 1 nitrogen and oxygen atoms in total. The predicted octanol–water partition coefficient (Wildman–Crippen LogP) is 0.757. The molecule has 0 aliphatic rings. The number of rotatable bonds is 1. The Morgan fingerprint density at radius 1 is 1.83 bits per heavy atom. The maximum atomic E-state index is 8.35. The highest BCUT2D eigenvalue weighted by molar-refractivity contribution is 4.86. The lowest BCUT2D eigenvalue weighted by Crippen LogP contribution is -1.90. The van der Waals surface area contributed by atoms with Crippen molar-refractivity contribution in [2.45, 2.75) is 13.0 Å². The summed E-state index contributed by atoms with van der Waals surface area (Å²) in [7, 11) is 0. The summed E-state index contributed by atoms with van der Waals surface area (Å²) in [6.45, 7) is 5.14. The third-order valence-electron chi connectivity index (χ3n) is 0.415. The Morgan fingerprint density at radius 2 is 2.33 bits per heavy atom. The Morgan fingerprint density at radius 3 is 2.33 bits per heavy atom. The van der Waals surface area contributed by atoms with E-state index in [4.69, 9.17) is 5.11 Å². The highest BCUT2D eigenvalue weighted by atomic mass is 16.3. The molecule has 0 amide bonds. The molecule has 1 heteroatoms. The molecule has 0 spiro atoms. The lowest BCUT2D eigenvalue weighted by Gasteiger charge is -1.86. The van der Waals surface area contributed by atoms with E-state index in [0.717, 1.165) is 0 Å². The summed E-state index contributed by atoms with van der Waals surface area (Å²) in [5.74, 6) is 0. The van der Waals surface area contributed by atoms with Gasteiger partial charge in [0.25, 0.3) is 0 Å². The summed E-state index contributed by atoms with van der Waals surface area (Å²) in [4.78, 5) is 0. The van der Waals surface area contributed by atoms with Crippen LogP contribution in [-0.4, -0.2) is 11.2 Å². The van der Waals surface area contributed by atoms with Crippen LogP contribution in [0.4, 0.5) is 0 Å². The minimum absolute atomic E-state index is 0.532. The van der Waals surface area contributed by atoms with Crippen LogP contribution >= 0.6 is 0 Å². The summed E-state index contributed by atoms with van der Waals surface area (Å²) in [6.07, 6.45) is 2.84. The highest BCUT2D eigenvalue weighted by Crippen LogP contribution is 1.77. The van der Waals surface area contributed by atoms with Gasteiger partial charge in [-0.1, -0.05) is 12.2 Å². The van der Waals surface area contributed by atoms with Crippen molar-refractivity contribution >= 4 is 0 Å². The molecule has 0 aliphatic carbocycles. The van der Waals surface area contributed by atoms with E-state index in [1.165, 1.54) is 0 Å². The second-order valence-electron chi connectivity index (χ2n) is 1.09. The summed E-state index contributed by atoms with van der Waals surface area (Å²) < 4.78 is 0. The number of aliphatic hydroxyl groups is 1. The standard InChI is InChI=1S/C5H9O/c1-3-4-5(2)6/h3-6H,2H2,1H3/b4-3+. The van der Waals surface area contributed by atoms with Crippen LogP contribution in [0.5, 0.6) is 0 Å². The normalized spacial score (nSPS) is 15.8. The zero-order chi connectivity index (χ0) is 4.99. The summed E-state index contributed by atoms with van der Waals surface area (Å²) in [5, 5.41) is 8.35. The molecule has 0 rings (SSSR count). The van der Waals surface area contributed by atoms with Gasteiger partial charge in [0.05, 0.1) is 6.10 Å². The Bertz CT molecular complexity index is 45.9. The molecule has 35 valence electrons. The molecule has 1 atom stereocenters. The number of allylic oxidation sites excluding steroid dienone is 1. The van der Waals surface area contributed by atoms with E-state index in [9.17, 15) is 0 Å². The zero-order valence-electron chi connectivity index (χ0n) is 3.89. The van der Waals surface area contributed by atoms with Crippen LogP contribution in [0.3, 0.4) is 0 Å². The fourth-order valence-corrected chi connectivity index (χ4v) is 0.222. The largest absolute Gasteiger partial charge is 0.389 e. The van der Waals surface area contributed by atoms with Gasteiger partial charge >= 0.3 is 0 Å². The quantitative estimate of drug-likeness (QED) is 0.466. The third-order valence-corrected chi connectivity index (χ3v) is 0.415. The lowest BCUT2D eigenvalue weighted by molar-refractivity contribution is 0.269. The molecule has 1 radical (unpaired) electrons. The van der Waals surface area contributed by atoms with Crippen LogP contribution < -0.4 is 0 Å². The van der Waals surface area contributed by atoms with E-state index in [2.05, 4.69) is 6.92 Å². The summed E-state index contributed by atoms with van der Waals surface area (Å²) in [6, 6.07) is 0. The van der Waals surface area contributed by atoms with Crippen molar-refractivity contribution in [3.05, 3.63) is 19.1 Å². The van der Waals surface area contributed by atoms with Crippen LogP contribution in [0.25, 0.3) is 0 Å². The average Bonchev–Trinajstić information content (AvgIpc) is 1.35. The maximum absolute atomic E-state index is 8.35. The van der Waals surface area contributed by atoms with Crippen molar-refractivity contribution in [3.8, 4) is 0 Å². The van der Waals surface area contributed by atoms with E-state index in [-0.39, 0.29) is 0 Å². The monoisotopic (exact) mass is 85.1 g/mol. The van der Waals surface area contributed by atoms with E-state index in [0.29, 0.717) is 0 Å². The molecule has 1 N–H and O–H groups in total. The molecule has 0 aromatic carbocycles. The van der Waals surface area contributed by atoms with Crippen molar-refractivity contribution in [1.29, 1.82) is 0 Å². The minimum atomic E-state index is -0.532. The molecule has 0 aromatic rings. The fraction of sp³-hybridized carbons (Fsp3) is 0.400. The smallest absolute Gasteiger partial charge is 0.0721 e. The van der Waals surface area contributed by atoms with Crippen molar-refractivity contribution in [2.75, 3.05) is 0 Å². The molecule has 0 aliphatic heterocycles. The molecule has 0 aromatic heterocycles. The molecule has 0 heterocycles. The molecule has 6 heavy (non-hydrogen) atoms. The van der Waals surface area contributed by atoms with Crippen LogP contribution in [0.1, 0.15) is 6.92 Å². The lowest BCUT2D eigenvalue weighted by atomic mass is 10.4. The van der Waals surface area contributed by atoms with Gasteiger partial charge in [-0.2, -0.15) is 0 Å². The van der Waals surface area contributed by atoms with Crippen LogP contribution in [0.15, 0.2) is 12.2 Å². The molecule has 0 saturated carbocycles. The SMILES string of the molecule is [CH2]C(O)/C=C/C.